The highest BCUT2D eigenvalue weighted by Gasteiger charge is 2.39. The fraction of sp³-hybridized carbons (Fsp3) is 0.360. The number of benzene rings is 2. The third-order valence-electron chi connectivity index (χ3n) is 5.71. The second-order valence-corrected chi connectivity index (χ2v) is 12.2. The number of amides is 1. The van der Waals surface area contributed by atoms with Crippen LogP contribution in [0.3, 0.4) is 0 Å². The normalized spacial score (nSPS) is 17.5. The molecule has 0 saturated carbocycles. The van der Waals surface area contributed by atoms with E-state index in [1.807, 2.05) is 59.5 Å². The Labute approximate surface area is 227 Å². The van der Waals surface area contributed by atoms with Gasteiger partial charge >= 0.3 is 0 Å². The second kappa shape index (κ2) is 13.1. The molecule has 194 valence electrons. The molecule has 36 heavy (non-hydrogen) atoms. The molecule has 0 spiro atoms. The minimum Gasteiger partial charge on any atom is -0.334 e. The number of anilines is 2. The van der Waals surface area contributed by atoms with Gasteiger partial charge in [0, 0.05) is 11.4 Å². The molecule has 0 unspecified atom stereocenters. The molecule has 1 fully saturated rings. The van der Waals surface area contributed by atoms with E-state index in [1.54, 1.807) is 0 Å². The SMILES string of the molecule is CCN(CC)CC.O=C1/C(=C2\Sc3ccccc3N2CCCS(=O)(=O)O)SC(=S)N1c1ccccc1. The first kappa shape index (κ1) is 28.7. The van der Waals surface area contributed by atoms with E-state index in [1.165, 1.54) is 48.1 Å². The first-order valence-electron chi connectivity index (χ1n) is 11.8. The van der Waals surface area contributed by atoms with Crippen LogP contribution in [-0.4, -0.2) is 60.0 Å². The number of hydrogen-bond acceptors (Lipinski definition) is 8. The van der Waals surface area contributed by atoms with Crippen molar-refractivity contribution in [1.82, 2.24) is 4.90 Å². The van der Waals surface area contributed by atoms with Crippen molar-refractivity contribution >= 4 is 67.5 Å². The van der Waals surface area contributed by atoms with E-state index in [4.69, 9.17) is 16.8 Å². The molecule has 1 saturated heterocycles. The Bertz CT molecular complexity index is 1210. The Morgan fingerprint density at radius 2 is 1.56 bits per heavy atom. The summed E-state index contributed by atoms with van der Waals surface area (Å²) in [6, 6.07) is 16.9. The van der Waals surface area contributed by atoms with Crippen molar-refractivity contribution in [2.75, 3.05) is 41.7 Å². The topological polar surface area (TPSA) is 81.2 Å². The Kier molecular flexibility index (Phi) is 10.4. The highest BCUT2D eigenvalue weighted by atomic mass is 32.2. The minimum absolute atomic E-state index is 0.193. The Morgan fingerprint density at radius 1 is 0.944 bits per heavy atom. The third kappa shape index (κ3) is 7.11. The van der Waals surface area contributed by atoms with E-state index in [0.29, 0.717) is 21.5 Å². The van der Waals surface area contributed by atoms with Crippen molar-refractivity contribution in [2.24, 2.45) is 0 Å². The molecule has 2 aliphatic heterocycles. The summed E-state index contributed by atoms with van der Waals surface area (Å²) in [5, 5.41) is 0.734. The molecular weight excluding hydrogens is 535 g/mol. The standard InChI is InChI=1S/C19H16N2O4S4.C6H15N/c22-17-16(28-19(26)21(17)13-7-2-1-3-8-13)18-20(11-6-12-29(23,24)25)14-9-4-5-10-15(14)27-18;1-4-7(5-2)6-3/h1-5,7-10H,6,11-12H2,(H,23,24,25);4-6H2,1-3H3/b18-16+;. The molecule has 1 amide bonds. The number of thiocarbonyl (C=S) groups is 1. The first-order valence-corrected chi connectivity index (χ1v) is 15.4. The molecule has 0 radical (unpaired) electrons. The van der Waals surface area contributed by atoms with Crippen molar-refractivity contribution in [3.8, 4) is 0 Å². The van der Waals surface area contributed by atoms with Gasteiger partial charge in [0.1, 0.15) is 9.93 Å². The van der Waals surface area contributed by atoms with Gasteiger partial charge in [0.15, 0.2) is 4.32 Å². The number of hydrogen-bond donors (Lipinski definition) is 1. The van der Waals surface area contributed by atoms with Crippen molar-refractivity contribution in [1.29, 1.82) is 0 Å². The maximum atomic E-state index is 13.2. The molecule has 11 heteroatoms. The van der Waals surface area contributed by atoms with Crippen LogP contribution >= 0.6 is 35.7 Å². The van der Waals surface area contributed by atoms with Crippen LogP contribution in [0, 0.1) is 0 Å². The average molecular weight is 566 g/mol. The van der Waals surface area contributed by atoms with Gasteiger partial charge < -0.3 is 9.80 Å². The van der Waals surface area contributed by atoms with E-state index in [9.17, 15) is 13.2 Å². The quantitative estimate of drug-likeness (QED) is 0.255. The summed E-state index contributed by atoms with van der Waals surface area (Å²) >= 11 is 8.18. The van der Waals surface area contributed by atoms with Crippen molar-refractivity contribution < 1.29 is 17.8 Å². The lowest BCUT2D eigenvalue weighted by Crippen LogP contribution is -2.29. The van der Waals surface area contributed by atoms with E-state index in [-0.39, 0.29) is 18.1 Å². The molecule has 2 aromatic rings. The van der Waals surface area contributed by atoms with Gasteiger partial charge in [-0.15, -0.1) is 0 Å². The van der Waals surface area contributed by atoms with Gasteiger partial charge in [0.2, 0.25) is 0 Å². The zero-order valence-electron chi connectivity index (χ0n) is 20.6. The highest BCUT2D eigenvalue weighted by Crippen LogP contribution is 2.51. The lowest BCUT2D eigenvalue weighted by atomic mass is 10.2. The van der Waals surface area contributed by atoms with Crippen LogP contribution < -0.4 is 9.80 Å². The molecule has 0 aliphatic carbocycles. The molecule has 0 aromatic heterocycles. The molecular formula is C25H31N3O4S4. The first-order chi connectivity index (χ1) is 17.2. The van der Waals surface area contributed by atoms with Crippen LogP contribution in [0.15, 0.2) is 69.4 Å². The van der Waals surface area contributed by atoms with Crippen LogP contribution in [0.1, 0.15) is 27.2 Å². The number of nitrogens with zero attached hydrogens (tertiary/aromatic N) is 3. The smallest absolute Gasteiger partial charge is 0.273 e. The molecule has 1 N–H and O–H groups in total. The van der Waals surface area contributed by atoms with Crippen LogP contribution in [0.25, 0.3) is 0 Å². The number of para-hydroxylation sites is 2. The Hall–Kier alpha value is -1.89. The fourth-order valence-corrected chi connectivity index (χ4v) is 6.93. The predicted molar refractivity (Wildman–Crippen MR) is 155 cm³/mol. The summed E-state index contributed by atoms with van der Waals surface area (Å²) in [4.78, 5) is 20.5. The summed E-state index contributed by atoms with van der Waals surface area (Å²) in [6.07, 6.45) is 0.232. The number of thioether (sulfide) groups is 2. The zero-order chi connectivity index (χ0) is 26.3. The van der Waals surface area contributed by atoms with E-state index in [2.05, 4.69) is 25.7 Å². The number of fused-ring (bicyclic) bond motifs is 1. The summed E-state index contributed by atoms with van der Waals surface area (Å²) in [7, 11) is -4.04. The van der Waals surface area contributed by atoms with E-state index < -0.39 is 10.1 Å². The Morgan fingerprint density at radius 3 is 2.14 bits per heavy atom. The number of carbonyl (C=O) groups is 1. The largest absolute Gasteiger partial charge is 0.334 e. The zero-order valence-corrected chi connectivity index (χ0v) is 23.9. The lowest BCUT2D eigenvalue weighted by Gasteiger charge is -2.21. The van der Waals surface area contributed by atoms with Gasteiger partial charge in [-0.25, -0.2) is 0 Å². The number of carbonyl (C=O) groups excluding carboxylic acids is 1. The van der Waals surface area contributed by atoms with Crippen LogP contribution in [-0.2, 0) is 14.9 Å². The Balaban J connectivity index is 0.000000454. The van der Waals surface area contributed by atoms with E-state index in [0.717, 1.165) is 15.6 Å². The molecule has 2 heterocycles. The van der Waals surface area contributed by atoms with Crippen LogP contribution in [0.5, 0.6) is 0 Å². The van der Waals surface area contributed by atoms with Gasteiger partial charge in [0.05, 0.1) is 17.1 Å². The van der Waals surface area contributed by atoms with Crippen molar-refractivity contribution in [2.45, 2.75) is 32.1 Å². The minimum atomic E-state index is -4.04. The van der Waals surface area contributed by atoms with Gasteiger partial charge in [-0.05, 0) is 50.3 Å². The summed E-state index contributed by atoms with van der Waals surface area (Å²) in [5.41, 5.74) is 1.62. The summed E-state index contributed by atoms with van der Waals surface area (Å²) < 4.78 is 31.8. The average Bonchev–Trinajstić information content (AvgIpc) is 3.36. The molecule has 2 aromatic carbocycles. The van der Waals surface area contributed by atoms with E-state index >= 15 is 0 Å². The van der Waals surface area contributed by atoms with Gasteiger partial charge in [-0.2, -0.15) is 8.42 Å². The maximum Gasteiger partial charge on any atom is 0.273 e. The van der Waals surface area contributed by atoms with Gasteiger partial charge in [-0.3, -0.25) is 14.2 Å². The fourth-order valence-electron chi connectivity index (χ4n) is 3.80. The molecule has 4 rings (SSSR count). The van der Waals surface area contributed by atoms with Gasteiger partial charge in [-0.1, -0.05) is 86.8 Å². The molecule has 0 bridgehead atoms. The van der Waals surface area contributed by atoms with Crippen molar-refractivity contribution in [3.05, 3.63) is 64.5 Å². The van der Waals surface area contributed by atoms with Gasteiger partial charge in [0.25, 0.3) is 16.0 Å². The molecule has 2 aliphatic rings. The highest BCUT2D eigenvalue weighted by molar-refractivity contribution is 8.27. The van der Waals surface area contributed by atoms with Crippen molar-refractivity contribution in [3.63, 3.8) is 0 Å². The predicted octanol–water partition coefficient (Wildman–Crippen LogP) is 5.46. The molecule has 7 nitrogen and oxygen atoms in total. The monoisotopic (exact) mass is 565 g/mol. The number of rotatable bonds is 8. The lowest BCUT2D eigenvalue weighted by molar-refractivity contribution is -0.113. The molecule has 0 atom stereocenters. The van der Waals surface area contributed by atoms with Crippen LogP contribution in [0.2, 0.25) is 0 Å². The summed E-state index contributed by atoms with van der Waals surface area (Å²) in [5.74, 6) is -0.532. The maximum absolute atomic E-state index is 13.2. The van der Waals surface area contributed by atoms with Crippen LogP contribution in [0.4, 0.5) is 11.4 Å². The third-order valence-corrected chi connectivity index (χ3v) is 9.19. The summed E-state index contributed by atoms with van der Waals surface area (Å²) in [6.45, 7) is 10.5. The second-order valence-electron chi connectivity index (χ2n) is 7.96.